The number of H-pyrrole nitrogens is 1. The Labute approximate surface area is 121 Å². The van der Waals surface area contributed by atoms with Crippen LogP contribution in [0.1, 0.15) is 23.1 Å². The quantitative estimate of drug-likeness (QED) is 0.904. The fourth-order valence-electron chi connectivity index (χ4n) is 2.59. The molecule has 1 aromatic heterocycles. The lowest BCUT2D eigenvalue weighted by atomic mass is 10.1. The minimum absolute atomic E-state index is 0.0150. The molecule has 1 unspecified atom stereocenters. The first-order valence-corrected chi connectivity index (χ1v) is 6.85. The molecule has 1 atom stereocenters. The van der Waals surface area contributed by atoms with Crippen LogP contribution in [-0.2, 0) is 0 Å². The molecule has 21 heavy (non-hydrogen) atoms. The number of alkyl halides is 3. The molecular weight excluding hydrogens is 285 g/mol. The number of aryl methyl sites for hydroxylation is 1. The van der Waals surface area contributed by atoms with E-state index >= 15 is 0 Å². The average Bonchev–Trinajstić information content (AvgIpc) is 2.69. The van der Waals surface area contributed by atoms with Crippen LogP contribution >= 0.6 is 0 Å². The van der Waals surface area contributed by atoms with Crippen LogP contribution in [-0.4, -0.2) is 64.8 Å². The molecule has 1 aromatic rings. The Morgan fingerprint density at radius 2 is 2.14 bits per heavy atom. The van der Waals surface area contributed by atoms with E-state index in [0.29, 0.717) is 18.8 Å². The van der Waals surface area contributed by atoms with E-state index in [9.17, 15) is 18.0 Å². The van der Waals surface area contributed by atoms with Gasteiger partial charge in [0, 0.05) is 31.9 Å². The number of carbonyl (C=O) groups excluding carboxylic acids is 1. The van der Waals surface area contributed by atoms with Crippen LogP contribution in [0.5, 0.6) is 0 Å². The van der Waals surface area contributed by atoms with Gasteiger partial charge in [-0.1, -0.05) is 6.92 Å². The van der Waals surface area contributed by atoms with Gasteiger partial charge in [-0.2, -0.15) is 18.3 Å². The van der Waals surface area contributed by atoms with E-state index in [2.05, 4.69) is 10.2 Å². The summed E-state index contributed by atoms with van der Waals surface area (Å²) in [5, 5.41) is 6.61. The fraction of sp³-hybridized carbons (Fsp3) is 0.692. The first-order chi connectivity index (χ1) is 9.74. The van der Waals surface area contributed by atoms with Gasteiger partial charge in [0.05, 0.1) is 6.54 Å². The maximum absolute atomic E-state index is 12.5. The number of nitrogens with one attached hydrogen (secondary N) is 1. The van der Waals surface area contributed by atoms with Crippen LogP contribution in [0.3, 0.4) is 0 Å². The minimum atomic E-state index is -4.21. The summed E-state index contributed by atoms with van der Waals surface area (Å²) in [5.41, 5.74) is 1.09. The van der Waals surface area contributed by atoms with Crippen molar-refractivity contribution in [3.05, 3.63) is 17.5 Å². The first-order valence-electron chi connectivity index (χ1n) is 6.85. The molecule has 1 saturated heterocycles. The lowest BCUT2D eigenvalue weighted by Gasteiger charge is -2.22. The number of rotatable bonds is 2. The number of amides is 1. The van der Waals surface area contributed by atoms with Crippen molar-refractivity contribution in [1.82, 2.24) is 20.0 Å². The third-order valence-electron chi connectivity index (χ3n) is 3.40. The topological polar surface area (TPSA) is 52.2 Å². The predicted octanol–water partition coefficient (Wildman–Crippen LogP) is 1.67. The van der Waals surface area contributed by atoms with Crippen LogP contribution in [0.4, 0.5) is 13.2 Å². The van der Waals surface area contributed by atoms with Crippen molar-refractivity contribution in [2.75, 3.05) is 32.7 Å². The molecule has 2 rings (SSSR count). The van der Waals surface area contributed by atoms with E-state index in [-0.39, 0.29) is 24.9 Å². The highest BCUT2D eigenvalue weighted by Crippen LogP contribution is 2.19. The standard InChI is InChI=1S/C13H19F3N4O/c1-9-6-19(8-13(14,15)16)3-4-20(7-9)12(21)11-5-10(2)17-18-11/h5,9H,3-4,6-8H2,1-2H3,(H,17,18). The third kappa shape index (κ3) is 4.45. The lowest BCUT2D eigenvalue weighted by Crippen LogP contribution is -2.38. The van der Waals surface area contributed by atoms with Gasteiger partial charge in [0.15, 0.2) is 0 Å². The van der Waals surface area contributed by atoms with Crippen molar-refractivity contribution in [1.29, 1.82) is 0 Å². The molecule has 0 aromatic carbocycles. The normalized spacial score (nSPS) is 21.4. The van der Waals surface area contributed by atoms with E-state index in [1.54, 1.807) is 17.9 Å². The minimum Gasteiger partial charge on any atom is -0.336 e. The van der Waals surface area contributed by atoms with Gasteiger partial charge in [-0.15, -0.1) is 0 Å². The molecule has 0 bridgehead atoms. The summed E-state index contributed by atoms with van der Waals surface area (Å²) >= 11 is 0. The summed E-state index contributed by atoms with van der Waals surface area (Å²) in [6.07, 6.45) is -4.21. The SMILES string of the molecule is Cc1cc(C(=O)N2CCN(CC(F)(F)F)CC(C)C2)n[nH]1. The fourth-order valence-corrected chi connectivity index (χ4v) is 2.59. The van der Waals surface area contributed by atoms with Crippen LogP contribution in [0.15, 0.2) is 6.07 Å². The van der Waals surface area contributed by atoms with E-state index < -0.39 is 12.7 Å². The molecule has 1 N–H and O–H groups in total. The molecule has 2 heterocycles. The van der Waals surface area contributed by atoms with Crippen molar-refractivity contribution < 1.29 is 18.0 Å². The zero-order valence-corrected chi connectivity index (χ0v) is 12.1. The number of carbonyl (C=O) groups is 1. The average molecular weight is 304 g/mol. The summed E-state index contributed by atoms with van der Waals surface area (Å²) in [7, 11) is 0. The second-order valence-electron chi connectivity index (χ2n) is 5.64. The largest absolute Gasteiger partial charge is 0.401 e. The van der Waals surface area contributed by atoms with Crippen LogP contribution in [0, 0.1) is 12.8 Å². The highest BCUT2D eigenvalue weighted by molar-refractivity contribution is 5.92. The zero-order chi connectivity index (χ0) is 15.6. The van der Waals surface area contributed by atoms with Gasteiger partial charge in [0.1, 0.15) is 5.69 Å². The molecule has 0 aliphatic carbocycles. The Kier molecular flexibility index (Phi) is 4.55. The Balaban J connectivity index is 2.02. The van der Waals surface area contributed by atoms with Gasteiger partial charge < -0.3 is 4.90 Å². The van der Waals surface area contributed by atoms with Crippen molar-refractivity contribution in [3.8, 4) is 0 Å². The molecule has 0 spiro atoms. The van der Waals surface area contributed by atoms with Crippen LogP contribution < -0.4 is 0 Å². The number of hydrogen-bond donors (Lipinski definition) is 1. The third-order valence-corrected chi connectivity index (χ3v) is 3.40. The summed E-state index contributed by atoms with van der Waals surface area (Å²) in [6.45, 7) is 4.00. The van der Waals surface area contributed by atoms with E-state index in [0.717, 1.165) is 5.69 Å². The molecule has 1 aliphatic heterocycles. The molecule has 118 valence electrons. The number of aromatic nitrogens is 2. The maximum atomic E-state index is 12.5. The van der Waals surface area contributed by atoms with Gasteiger partial charge in [-0.25, -0.2) is 0 Å². The molecule has 1 fully saturated rings. The van der Waals surface area contributed by atoms with E-state index in [1.165, 1.54) is 4.90 Å². The Morgan fingerprint density at radius 1 is 1.43 bits per heavy atom. The Bertz CT molecular complexity index is 500. The summed E-state index contributed by atoms with van der Waals surface area (Å²) < 4.78 is 37.5. The molecule has 0 saturated carbocycles. The van der Waals surface area contributed by atoms with Gasteiger partial charge in [0.25, 0.3) is 5.91 Å². The number of halogens is 3. The van der Waals surface area contributed by atoms with Crippen molar-refractivity contribution in [3.63, 3.8) is 0 Å². The Hall–Kier alpha value is -1.57. The molecule has 1 amide bonds. The van der Waals surface area contributed by atoms with Crippen LogP contribution in [0.25, 0.3) is 0 Å². The van der Waals surface area contributed by atoms with Gasteiger partial charge >= 0.3 is 6.18 Å². The molecule has 5 nitrogen and oxygen atoms in total. The molecular formula is C13H19F3N4O. The van der Waals surface area contributed by atoms with E-state index in [4.69, 9.17) is 0 Å². The lowest BCUT2D eigenvalue weighted by molar-refractivity contribution is -0.146. The zero-order valence-electron chi connectivity index (χ0n) is 12.1. The smallest absolute Gasteiger partial charge is 0.336 e. The summed E-state index contributed by atoms with van der Waals surface area (Å²) in [4.78, 5) is 15.2. The van der Waals surface area contributed by atoms with Gasteiger partial charge in [0.2, 0.25) is 0 Å². The summed E-state index contributed by atoms with van der Waals surface area (Å²) in [5.74, 6) is -0.251. The van der Waals surface area contributed by atoms with Crippen LogP contribution in [0.2, 0.25) is 0 Å². The highest BCUT2D eigenvalue weighted by Gasteiger charge is 2.33. The number of nitrogens with zero attached hydrogens (tertiary/aromatic N) is 3. The molecule has 0 radical (unpaired) electrons. The Morgan fingerprint density at radius 3 is 2.71 bits per heavy atom. The second kappa shape index (κ2) is 6.05. The number of aromatic amines is 1. The van der Waals surface area contributed by atoms with Crippen molar-refractivity contribution in [2.45, 2.75) is 20.0 Å². The number of hydrogen-bond acceptors (Lipinski definition) is 3. The second-order valence-corrected chi connectivity index (χ2v) is 5.64. The maximum Gasteiger partial charge on any atom is 0.401 e. The summed E-state index contributed by atoms with van der Waals surface area (Å²) in [6, 6.07) is 1.64. The predicted molar refractivity (Wildman–Crippen MR) is 70.9 cm³/mol. The van der Waals surface area contributed by atoms with Gasteiger partial charge in [-0.3, -0.25) is 14.8 Å². The van der Waals surface area contributed by atoms with Crippen molar-refractivity contribution in [2.24, 2.45) is 5.92 Å². The van der Waals surface area contributed by atoms with Gasteiger partial charge in [-0.05, 0) is 18.9 Å². The van der Waals surface area contributed by atoms with Crippen molar-refractivity contribution >= 4 is 5.91 Å². The monoisotopic (exact) mass is 304 g/mol. The highest BCUT2D eigenvalue weighted by atomic mass is 19.4. The van der Waals surface area contributed by atoms with E-state index in [1.807, 2.05) is 6.92 Å². The first kappa shape index (κ1) is 15.8. The molecule has 8 heteroatoms. The molecule has 1 aliphatic rings.